The summed E-state index contributed by atoms with van der Waals surface area (Å²) in [6.07, 6.45) is 0.555. The van der Waals surface area contributed by atoms with Crippen LogP contribution in [-0.4, -0.2) is 17.4 Å². The summed E-state index contributed by atoms with van der Waals surface area (Å²) in [4.78, 5) is 24.7. The van der Waals surface area contributed by atoms with Gasteiger partial charge in [0.1, 0.15) is 17.3 Å². The van der Waals surface area contributed by atoms with Gasteiger partial charge in [-0.25, -0.2) is 4.39 Å². The van der Waals surface area contributed by atoms with Crippen molar-refractivity contribution in [2.24, 2.45) is 11.8 Å². The van der Waals surface area contributed by atoms with Crippen molar-refractivity contribution in [3.05, 3.63) is 62.4 Å². The largest absolute Gasteiger partial charge is 0.434 e. The maximum absolute atomic E-state index is 13.9. The summed E-state index contributed by atoms with van der Waals surface area (Å²) >= 11 is 2.99. The van der Waals surface area contributed by atoms with Crippen LogP contribution in [0.1, 0.15) is 18.0 Å². The van der Waals surface area contributed by atoms with Crippen LogP contribution in [0.5, 0.6) is 5.75 Å². The van der Waals surface area contributed by atoms with Gasteiger partial charge in [0.05, 0.1) is 21.5 Å². The van der Waals surface area contributed by atoms with E-state index in [0.29, 0.717) is 12.0 Å². The number of fused-ring (bicyclic) bond motifs is 1. The minimum atomic E-state index is -3.06. The van der Waals surface area contributed by atoms with Gasteiger partial charge in [-0.15, -0.1) is 0 Å². The fraction of sp³-hybridized carbons (Fsp3) is 0.278. The molecule has 3 atom stereocenters. The topological polar surface area (TPSA) is 72.7 Å². The van der Waals surface area contributed by atoms with E-state index in [9.17, 15) is 28.1 Å². The number of para-hydroxylation sites is 1. The summed E-state index contributed by atoms with van der Waals surface area (Å²) in [5.41, 5.74) is -0.337. The average molecular weight is 457 g/mol. The molecule has 0 N–H and O–H groups in total. The number of nitro benzene ring substituents is 1. The zero-order valence-corrected chi connectivity index (χ0v) is 15.6. The van der Waals surface area contributed by atoms with Crippen LogP contribution < -0.4 is 9.64 Å². The predicted molar refractivity (Wildman–Crippen MR) is 95.7 cm³/mol. The lowest BCUT2D eigenvalue weighted by Crippen LogP contribution is -2.32. The third-order valence-corrected chi connectivity index (χ3v) is 5.61. The van der Waals surface area contributed by atoms with Crippen molar-refractivity contribution in [1.29, 1.82) is 0 Å². The Balaban J connectivity index is 1.86. The summed E-state index contributed by atoms with van der Waals surface area (Å²) in [5.74, 6) is -1.84. The molecule has 4 rings (SSSR count). The number of benzene rings is 2. The van der Waals surface area contributed by atoms with Gasteiger partial charge in [-0.05, 0) is 40.4 Å². The van der Waals surface area contributed by atoms with Gasteiger partial charge in [0.25, 0.3) is 5.69 Å². The second-order valence-corrected chi connectivity index (χ2v) is 7.44. The highest BCUT2D eigenvalue weighted by Crippen LogP contribution is 2.60. The Kier molecular flexibility index (Phi) is 4.53. The standard InChI is InChI=1S/C18H12BrF3N2O4/c19-11-6-13(14(24(26)27)7-12(11)20)23-16(9-5-10(9)17(23)25)8-3-1-2-4-15(8)28-18(21)22/h1-4,6-7,9-10,16,18H,5H2/t9-,10+,16?/m0/s1. The van der Waals surface area contributed by atoms with Crippen molar-refractivity contribution in [2.75, 3.05) is 4.90 Å². The van der Waals surface area contributed by atoms with Crippen LogP contribution in [0.15, 0.2) is 40.9 Å². The van der Waals surface area contributed by atoms with E-state index in [2.05, 4.69) is 20.7 Å². The molecule has 6 nitrogen and oxygen atoms in total. The van der Waals surface area contributed by atoms with E-state index in [-0.39, 0.29) is 33.7 Å². The van der Waals surface area contributed by atoms with Crippen LogP contribution in [-0.2, 0) is 4.79 Å². The number of anilines is 1. The van der Waals surface area contributed by atoms with Crippen molar-refractivity contribution >= 4 is 33.2 Å². The van der Waals surface area contributed by atoms with E-state index in [1.54, 1.807) is 12.1 Å². The van der Waals surface area contributed by atoms with Gasteiger partial charge in [0.2, 0.25) is 5.91 Å². The van der Waals surface area contributed by atoms with Gasteiger partial charge >= 0.3 is 6.61 Å². The van der Waals surface area contributed by atoms with Crippen molar-refractivity contribution < 1.29 is 27.6 Å². The van der Waals surface area contributed by atoms with Crippen LogP contribution in [0.25, 0.3) is 0 Å². The molecule has 0 aromatic heterocycles. The lowest BCUT2D eigenvalue weighted by atomic mass is 10.0. The predicted octanol–water partition coefficient (Wildman–Crippen LogP) is 4.82. The fourth-order valence-electron chi connectivity index (χ4n) is 3.79. The van der Waals surface area contributed by atoms with Crippen LogP contribution in [0, 0.1) is 27.8 Å². The molecule has 10 heteroatoms. The maximum atomic E-state index is 13.9. The first-order valence-electron chi connectivity index (χ1n) is 8.30. The normalized spacial score (nSPS) is 23.1. The van der Waals surface area contributed by atoms with Crippen molar-refractivity contribution in [3.8, 4) is 5.75 Å². The highest BCUT2D eigenvalue weighted by Gasteiger charge is 2.60. The molecule has 0 bridgehead atoms. The molecule has 2 aliphatic rings. The maximum Gasteiger partial charge on any atom is 0.387 e. The number of carbonyl (C=O) groups excluding carboxylic acids is 1. The number of nitro groups is 1. The third-order valence-electron chi connectivity index (χ3n) is 5.01. The van der Waals surface area contributed by atoms with Crippen LogP contribution >= 0.6 is 15.9 Å². The number of hydrogen-bond acceptors (Lipinski definition) is 4. The second-order valence-electron chi connectivity index (χ2n) is 6.59. The molecular formula is C18H12BrF3N2O4. The molecule has 28 heavy (non-hydrogen) atoms. The number of nitrogens with zero attached hydrogens (tertiary/aromatic N) is 2. The number of hydrogen-bond donors (Lipinski definition) is 0. The van der Waals surface area contributed by atoms with E-state index in [0.717, 1.165) is 6.07 Å². The Morgan fingerprint density at radius 1 is 1.29 bits per heavy atom. The Bertz CT molecular complexity index is 987. The Labute approximate surface area is 165 Å². The molecule has 0 spiro atoms. The Hall–Kier alpha value is -2.62. The Morgan fingerprint density at radius 2 is 2.00 bits per heavy atom. The molecule has 146 valence electrons. The molecule has 2 aromatic rings. The molecule has 1 saturated carbocycles. The smallest absolute Gasteiger partial charge is 0.387 e. The minimum absolute atomic E-state index is 0.0441. The van der Waals surface area contributed by atoms with E-state index in [1.165, 1.54) is 23.1 Å². The highest BCUT2D eigenvalue weighted by atomic mass is 79.9. The molecule has 1 aliphatic heterocycles. The van der Waals surface area contributed by atoms with Crippen molar-refractivity contribution in [3.63, 3.8) is 0 Å². The molecule has 1 amide bonds. The van der Waals surface area contributed by atoms with E-state index in [1.807, 2.05) is 0 Å². The van der Waals surface area contributed by atoms with E-state index >= 15 is 0 Å². The Morgan fingerprint density at radius 3 is 2.68 bits per heavy atom. The molecule has 2 fully saturated rings. The van der Waals surface area contributed by atoms with E-state index < -0.39 is 29.1 Å². The van der Waals surface area contributed by atoms with Crippen LogP contribution in [0.2, 0.25) is 0 Å². The third kappa shape index (κ3) is 3.01. The van der Waals surface area contributed by atoms with Gasteiger partial charge < -0.3 is 4.74 Å². The van der Waals surface area contributed by atoms with Gasteiger partial charge in [-0.1, -0.05) is 18.2 Å². The quantitative estimate of drug-likeness (QED) is 0.477. The molecule has 1 aliphatic carbocycles. The fourth-order valence-corrected chi connectivity index (χ4v) is 4.12. The zero-order valence-electron chi connectivity index (χ0n) is 14.0. The summed E-state index contributed by atoms with van der Waals surface area (Å²) < 4.78 is 44.0. The van der Waals surface area contributed by atoms with Crippen molar-refractivity contribution in [1.82, 2.24) is 0 Å². The molecule has 0 radical (unpaired) electrons. The molecule has 2 aromatic carbocycles. The number of amides is 1. The average Bonchev–Trinajstić information content (AvgIpc) is 3.36. The first kappa shape index (κ1) is 18.7. The lowest BCUT2D eigenvalue weighted by Gasteiger charge is -2.29. The zero-order chi connectivity index (χ0) is 20.2. The first-order valence-corrected chi connectivity index (χ1v) is 9.09. The summed E-state index contributed by atoms with van der Waals surface area (Å²) in [6.45, 7) is -3.06. The monoisotopic (exact) mass is 456 g/mol. The van der Waals surface area contributed by atoms with Crippen molar-refractivity contribution in [2.45, 2.75) is 19.1 Å². The summed E-state index contributed by atoms with van der Waals surface area (Å²) in [7, 11) is 0. The first-order chi connectivity index (χ1) is 13.3. The summed E-state index contributed by atoms with van der Waals surface area (Å²) in [5, 5.41) is 11.5. The number of alkyl halides is 2. The van der Waals surface area contributed by atoms with E-state index in [4.69, 9.17) is 0 Å². The number of rotatable bonds is 5. The minimum Gasteiger partial charge on any atom is -0.434 e. The number of piperidine rings is 1. The van der Waals surface area contributed by atoms with Gasteiger partial charge in [0, 0.05) is 11.5 Å². The molecule has 1 heterocycles. The van der Waals surface area contributed by atoms with Crippen LogP contribution in [0.3, 0.4) is 0 Å². The van der Waals surface area contributed by atoms with Gasteiger partial charge in [0.15, 0.2) is 0 Å². The highest BCUT2D eigenvalue weighted by molar-refractivity contribution is 9.10. The number of halogens is 4. The molecule has 1 unspecified atom stereocenters. The summed E-state index contributed by atoms with van der Waals surface area (Å²) in [6, 6.07) is 7.21. The number of ether oxygens (including phenoxy) is 1. The molecule has 1 saturated heterocycles. The second kappa shape index (κ2) is 6.77. The SMILES string of the molecule is O=C1[C@@H]2C[C@@H]2C(c2ccccc2OC(F)F)N1c1cc(Br)c(F)cc1[N+](=O)[O-]. The van der Waals surface area contributed by atoms with Gasteiger partial charge in [-0.2, -0.15) is 8.78 Å². The lowest BCUT2D eigenvalue weighted by molar-refractivity contribution is -0.384. The van der Waals surface area contributed by atoms with Crippen LogP contribution in [0.4, 0.5) is 24.5 Å². The molecular weight excluding hydrogens is 445 g/mol. The van der Waals surface area contributed by atoms with Gasteiger partial charge in [-0.3, -0.25) is 19.8 Å². The number of carbonyl (C=O) groups is 1.